The molecule has 2 rings (SSSR count). The van der Waals surface area contributed by atoms with E-state index in [0.29, 0.717) is 25.0 Å². The van der Waals surface area contributed by atoms with Gasteiger partial charge in [-0.15, -0.1) is 6.58 Å². The average molecular weight is 314 g/mol. The van der Waals surface area contributed by atoms with Crippen molar-refractivity contribution < 1.29 is 8.42 Å². The number of hydrogen-bond donors (Lipinski definition) is 0. The summed E-state index contributed by atoms with van der Waals surface area (Å²) in [5.41, 5.74) is 0.339. The van der Waals surface area contributed by atoms with Crippen LogP contribution in [0.15, 0.2) is 12.7 Å². The molecule has 5 heteroatoms. The lowest BCUT2D eigenvalue weighted by atomic mass is 9.99. The van der Waals surface area contributed by atoms with Gasteiger partial charge < -0.3 is 0 Å². The Kier molecular flexibility index (Phi) is 4.33. The summed E-state index contributed by atoms with van der Waals surface area (Å²) in [6, 6.07) is 1.08. The summed E-state index contributed by atoms with van der Waals surface area (Å²) >= 11 is 0. The van der Waals surface area contributed by atoms with E-state index in [2.05, 4.69) is 39.2 Å². The summed E-state index contributed by atoms with van der Waals surface area (Å²) in [7, 11) is -1.42. The summed E-state index contributed by atoms with van der Waals surface area (Å²) < 4.78 is 26.1. The lowest BCUT2D eigenvalue weighted by Crippen LogP contribution is -2.45. The van der Waals surface area contributed by atoms with Crippen molar-refractivity contribution in [2.75, 3.05) is 19.3 Å². The van der Waals surface area contributed by atoms with Gasteiger partial charge in [-0.3, -0.25) is 4.90 Å². The molecule has 0 aromatic heterocycles. The molecule has 1 aliphatic heterocycles. The molecule has 4 nitrogen and oxygen atoms in total. The van der Waals surface area contributed by atoms with E-state index in [1.54, 1.807) is 17.4 Å². The molecule has 3 atom stereocenters. The van der Waals surface area contributed by atoms with Crippen LogP contribution in [0.4, 0.5) is 0 Å². The molecule has 0 bridgehead atoms. The van der Waals surface area contributed by atoms with Crippen LogP contribution in [-0.4, -0.2) is 54.6 Å². The highest BCUT2D eigenvalue weighted by Crippen LogP contribution is 2.61. The maximum absolute atomic E-state index is 12.3. The summed E-state index contributed by atoms with van der Waals surface area (Å²) in [6.45, 7) is 13.3. The molecule has 1 heterocycles. The Morgan fingerprint density at radius 1 is 1.38 bits per heavy atom. The van der Waals surface area contributed by atoms with Gasteiger partial charge in [0.15, 0.2) is 0 Å². The van der Waals surface area contributed by atoms with Crippen molar-refractivity contribution in [1.29, 1.82) is 0 Å². The molecule has 1 saturated carbocycles. The van der Waals surface area contributed by atoms with Gasteiger partial charge in [0.25, 0.3) is 0 Å². The second-order valence-corrected chi connectivity index (χ2v) is 10.1. The first-order chi connectivity index (χ1) is 9.53. The van der Waals surface area contributed by atoms with Gasteiger partial charge in [-0.25, -0.2) is 12.7 Å². The topological polar surface area (TPSA) is 40.6 Å². The van der Waals surface area contributed by atoms with Crippen LogP contribution in [-0.2, 0) is 10.0 Å². The first kappa shape index (κ1) is 17.0. The van der Waals surface area contributed by atoms with Gasteiger partial charge in [0.2, 0.25) is 10.0 Å². The van der Waals surface area contributed by atoms with Gasteiger partial charge in [-0.2, -0.15) is 0 Å². The van der Waals surface area contributed by atoms with Gasteiger partial charge >= 0.3 is 0 Å². The zero-order valence-corrected chi connectivity index (χ0v) is 14.9. The number of allylic oxidation sites excluding steroid dienone is 1. The Balaban J connectivity index is 2.04. The third-order valence-corrected chi connectivity index (χ3v) is 6.86. The maximum Gasteiger partial charge on any atom is 0.214 e. The third kappa shape index (κ3) is 3.20. The van der Waals surface area contributed by atoms with E-state index in [1.165, 1.54) is 0 Å². The fourth-order valence-corrected chi connectivity index (χ4v) is 5.46. The minimum absolute atomic E-state index is 0.155. The van der Waals surface area contributed by atoms with E-state index in [4.69, 9.17) is 0 Å². The number of piperidine rings is 1. The lowest BCUT2D eigenvalue weighted by molar-refractivity contribution is 0.104. The van der Waals surface area contributed by atoms with E-state index in [-0.39, 0.29) is 16.7 Å². The summed E-state index contributed by atoms with van der Waals surface area (Å²) in [5.74, 6) is 0.173. The lowest BCUT2D eigenvalue weighted by Gasteiger charge is -2.37. The number of hydrogen-bond acceptors (Lipinski definition) is 3. The molecule has 122 valence electrons. The van der Waals surface area contributed by atoms with Gasteiger partial charge in [0.1, 0.15) is 0 Å². The summed E-state index contributed by atoms with van der Waals surface area (Å²) in [5, 5.41) is 0. The zero-order chi connectivity index (χ0) is 16.1. The summed E-state index contributed by atoms with van der Waals surface area (Å²) in [6.07, 6.45) is 4.43. The van der Waals surface area contributed by atoms with E-state index >= 15 is 0 Å². The van der Waals surface area contributed by atoms with Crippen molar-refractivity contribution in [2.45, 2.75) is 64.6 Å². The van der Waals surface area contributed by atoms with Crippen LogP contribution in [0.5, 0.6) is 0 Å². The van der Waals surface area contributed by atoms with Crippen molar-refractivity contribution in [2.24, 2.45) is 5.41 Å². The Bertz CT molecular complexity index is 509. The molecule has 0 radical (unpaired) electrons. The van der Waals surface area contributed by atoms with Crippen molar-refractivity contribution >= 4 is 10.0 Å². The molecule has 2 fully saturated rings. The fraction of sp³-hybridized carbons (Fsp3) is 0.875. The largest absolute Gasteiger partial charge is 0.292 e. The summed E-state index contributed by atoms with van der Waals surface area (Å²) in [4.78, 5) is 2.58. The molecule has 0 spiro atoms. The molecule has 1 saturated heterocycles. The number of rotatable bonds is 6. The monoisotopic (exact) mass is 314 g/mol. The molecule has 0 N–H and O–H groups in total. The van der Waals surface area contributed by atoms with Gasteiger partial charge in [-0.1, -0.05) is 6.08 Å². The quantitative estimate of drug-likeness (QED) is 0.707. The second-order valence-electron chi connectivity index (χ2n) is 7.86. The first-order valence-corrected chi connectivity index (χ1v) is 9.48. The molecule has 0 aromatic carbocycles. The van der Waals surface area contributed by atoms with Crippen molar-refractivity contribution in [3.8, 4) is 0 Å². The maximum atomic E-state index is 12.3. The Hall–Kier alpha value is -0.390. The molecule has 0 aromatic rings. The van der Waals surface area contributed by atoms with Crippen LogP contribution in [0.2, 0.25) is 0 Å². The molecular formula is C16H30N2O2S. The van der Waals surface area contributed by atoms with E-state index in [1.807, 2.05) is 0 Å². The highest BCUT2D eigenvalue weighted by atomic mass is 32.2. The fourth-order valence-electron chi connectivity index (χ4n) is 4.23. The Morgan fingerprint density at radius 3 is 2.48 bits per heavy atom. The highest BCUT2D eigenvalue weighted by molar-refractivity contribution is 7.89. The van der Waals surface area contributed by atoms with Crippen molar-refractivity contribution in [3.05, 3.63) is 12.7 Å². The Morgan fingerprint density at radius 2 is 2.00 bits per heavy atom. The molecule has 21 heavy (non-hydrogen) atoms. The van der Waals surface area contributed by atoms with E-state index in [9.17, 15) is 8.42 Å². The normalized spacial score (nSPS) is 33.2. The smallest absolute Gasteiger partial charge is 0.214 e. The van der Waals surface area contributed by atoms with Gasteiger partial charge in [0.05, 0.1) is 5.75 Å². The second kappa shape index (κ2) is 5.36. The minimum atomic E-state index is -3.15. The predicted octanol–water partition coefficient (Wildman–Crippen LogP) is 2.48. The van der Waals surface area contributed by atoms with Crippen LogP contribution >= 0.6 is 0 Å². The van der Waals surface area contributed by atoms with Crippen LogP contribution in [0.25, 0.3) is 0 Å². The Labute approximate surface area is 130 Å². The minimum Gasteiger partial charge on any atom is -0.292 e. The predicted molar refractivity (Wildman–Crippen MR) is 87.7 cm³/mol. The molecular weight excluding hydrogens is 284 g/mol. The number of fused-ring (bicyclic) bond motifs is 1. The third-order valence-electron chi connectivity index (χ3n) is 5.03. The van der Waals surface area contributed by atoms with Gasteiger partial charge in [-0.05, 0) is 47.0 Å². The molecule has 2 aliphatic rings. The number of sulfonamides is 1. The number of nitrogens with zero attached hydrogens (tertiary/aromatic N) is 2. The standard InChI is InChI=1S/C16H30N2O2S/c1-7-8-9-21(19,20)17(6)12-16-10-13(2)18(14(16)11-16)15(3,4)5/h7,13-14H,1,8-12H2,2-6H3/t13-,14-,16+/m1/s1. The highest BCUT2D eigenvalue weighted by Gasteiger charge is 2.65. The van der Waals surface area contributed by atoms with Crippen LogP contribution < -0.4 is 0 Å². The van der Waals surface area contributed by atoms with Crippen LogP contribution in [0.1, 0.15) is 47.0 Å². The van der Waals surface area contributed by atoms with E-state index in [0.717, 1.165) is 12.8 Å². The van der Waals surface area contributed by atoms with Gasteiger partial charge in [0, 0.05) is 36.6 Å². The van der Waals surface area contributed by atoms with Crippen LogP contribution in [0, 0.1) is 5.41 Å². The van der Waals surface area contributed by atoms with Crippen LogP contribution in [0.3, 0.4) is 0 Å². The molecule has 1 aliphatic carbocycles. The molecule has 0 amide bonds. The van der Waals surface area contributed by atoms with Crippen molar-refractivity contribution in [3.63, 3.8) is 0 Å². The van der Waals surface area contributed by atoms with E-state index < -0.39 is 10.0 Å². The van der Waals surface area contributed by atoms with Crippen molar-refractivity contribution in [1.82, 2.24) is 9.21 Å². The molecule has 0 unspecified atom stereocenters. The first-order valence-electron chi connectivity index (χ1n) is 7.87. The average Bonchev–Trinajstić information content (AvgIpc) is 2.89. The number of likely N-dealkylation sites (tertiary alicyclic amines) is 1. The SMILES string of the molecule is C=CCCS(=O)(=O)N(C)C[C@@]12C[C@@H](C)N(C(C)(C)C)[C@@H]1C2. The zero-order valence-electron chi connectivity index (χ0n) is 14.1.